The highest BCUT2D eigenvalue weighted by Crippen LogP contribution is 2.38. The highest BCUT2D eigenvalue weighted by atomic mass is 32.1. The number of aldehydes is 1. The molecule has 3 rings (SSSR count). The van der Waals surface area contributed by atoms with Crippen LogP contribution < -0.4 is 4.74 Å². The number of benzene rings is 2. The number of hydrogen-bond donors (Lipinski definition) is 0. The molecule has 4 heteroatoms. The molecule has 0 saturated heterocycles. The van der Waals surface area contributed by atoms with Crippen molar-refractivity contribution in [3.63, 3.8) is 0 Å². The van der Waals surface area contributed by atoms with Gasteiger partial charge in [0, 0.05) is 0 Å². The summed E-state index contributed by atoms with van der Waals surface area (Å²) in [5.74, 6) is 2.93. The van der Waals surface area contributed by atoms with Crippen molar-refractivity contribution < 1.29 is 9.53 Å². The van der Waals surface area contributed by atoms with Gasteiger partial charge in [0.2, 0.25) is 0 Å². The first-order chi connectivity index (χ1) is 10.7. The molecule has 0 bridgehead atoms. The van der Waals surface area contributed by atoms with Gasteiger partial charge in [-0.25, -0.2) is 4.98 Å². The average molecular weight is 307 g/mol. The number of terminal acetylenes is 1. The SMILES string of the molecule is C#CCOc1c(C=O)cc(C)cc1-c1nc2ccccc2s1. The molecule has 0 amide bonds. The van der Waals surface area contributed by atoms with Gasteiger partial charge in [-0.3, -0.25) is 4.79 Å². The number of aromatic nitrogens is 1. The van der Waals surface area contributed by atoms with Crippen LogP contribution in [0.25, 0.3) is 20.8 Å². The van der Waals surface area contributed by atoms with Gasteiger partial charge in [0.05, 0.1) is 21.3 Å². The average Bonchev–Trinajstić information content (AvgIpc) is 2.96. The Hall–Kier alpha value is -2.64. The van der Waals surface area contributed by atoms with Gasteiger partial charge >= 0.3 is 0 Å². The third-order valence-electron chi connectivity index (χ3n) is 3.21. The maximum atomic E-state index is 11.3. The van der Waals surface area contributed by atoms with Crippen LogP contribution in [0.15, 0.2) is 36.4 Å². The smallest absolute Gasteiger partial charge is 0.153 e. The Morgan fingerprint density at radius 1 is 1.36 bits per heavy atom. The summed E-state index contributed by atoms with van der Waals surface area (Å²) in [4.78, 5) is 16.0. The first kappa shape index (κ1) is 14.3. The lowest BCUT2D eigenvalue weighted by atomic mass is 10.1. The van der Waals surface area contributed by atoms with E-state index in [0.29, 0.717) is 11.3 Å². The molecule has 0 aliphatic heterocycles. The van der Waals surface area contributed by atoms with E-state index in [2.05, 4.69) is 10.9 Å². The predicted molar refractivity (Wildman–Crippen MR) is 89.5 cm³/mol. The number of carbonyl (C=O) groups is 1. The molecular weight excluding hydrogens is 294 g/mol. The van der Waals surface area contributed by atoms with Crippen molar-refractivity contribution in [1.29, 1.82) is 0 Å². The van der Waals surface area contributed by atoms with Crippen LogP contribution in [0.3, 0.4) is 0 Å². The Labute approximate surface area is 132 Å². The number of fused-ring (bicyclic) bond motifs is 1. The number of para-hydroxylation sites is 1. The second-order valence-electron chi connectivity index (χ2n) is 4.83. The van der Waals surface area contributed by atoms with E-state index in [0.717, 1.165) is 32.6 Å². The van der Waals surface area contributed by atoms with Crippen LogP contribution in [0.5, 0.6) is 5.75 Å². The normalized spacial score (nSPS) is 10.4. The molecule has 0 unspecified atom stereocenters. The Morgan fingerprint density at radius 3 is 2.91 bits per heavy atom. The van der Waals surface area contributed by atoms with Crippen LogP contribution in [0, 0.1) is 19.3 Å². The zero-order chi connectivity index (χ0) is 15.5. The van der Waals surface area contributed by atoms with Gasteiger partial charge in [0.1, 0.15) is 17.4 Å². The van der Waals surface area contributed by atoms with Gasteiger partial charge in [-0.1, -0.05) is 18.1 Å². The summed E-state index contributed by atoms with van der Waals surface area (Å²) in [5.41, 5.74) is 3.20. The van der Waals surface area contributed by atoms with E-state index in [4.69, 9.17) is 11.2 Å². The molecule has 22 heavy (non-hydrogen) atoms. The molecular formula is C18H13NO2S. The second-order valence-corrected chi connectivity index (χ2v) is 5.86. The lowest BCUT2D eigenvalue weighted by Gasteiger charge is -2.11. The summed E-state index contributed by atoms with van der Waals surface area (Å²) < 4.78 is 6.71. The van der Waals surface area contributed by atoms with Crippen LogP contribution in [-0.4, -0.2) is 17.9 Å². The van der Waals surface area contributed by atoms with Gasteiger partial charge in [0.25, 0.3) is 0 Å². The number of hydrogen-bond acceptors (Lipinski definition) is 4. The largest absolute Gasteiger partial charge is 0.479 e. The number of ether oxygens (including phenoxy) is 1. The fourth-order valence-corrected chi connectivity index (χ4v) is 3.29. The van der Waals surface area contributed by atoms with Crippen molar-refractivity contribution >= 4 is 27.8 Å². The van der Waals surface area contributed by atoms with Crippen molar-refractivity contribution in [2.24, 2.45) is 0 Å². The molecule has 1 aromatic heterocycles. The van der Waals surface area contributed by atoms with Crippen molar-refractivity contribution in [2.45, 2.75) is 6.92 Å². The molecule has 2 aromatic carbocycles. The Morgan fingerprint density at radius 2 is 2.18 bits per heavy atom. The van der Waals surface area contributed by atoms with Crippen LogP contribution in [0.4, 0.5) is 0 Å². The number of rotatable bonds is 4. The topological polar surface area (TPSA) is 39.2 Å². The van der Waals surface area contributed by atoms with Gasteiger partial charge in [-0.15, -0.1) is 17.8 Å². The molecule has 0 spiro atoms. The van der Waals surface area contributed by atoms with Gasteiger partial charge in [-0.2, -0.15) is 0 Å². The molecule has 0 fully saturated rings. The molecule has 0 radical (unpaired) electrons. The van der Waals surface area contributed by atoms with Crippen LogP contribution in [0.1, 0.15) is 15.9 Å². The summed E-state index contributed by atoms with van der Waals surface area (Å²) in [6, 6.07) is 11.7. The standard InChI is InChI=1S/C18H13NO2S/c1-3-8-21-17-13(11-20)9-12(2)10-14(17)18-19-15-6-4-5-7-16(15)22-18/h1,4-7,9-11H,8H2,2H3. The summed E-state index contributed by atoms with van der Waals surface area (Å²) in [6.45, 7) is 2.05. The lowest BCUT2D eigenvalue weighted by molar-refractivity contribution is 0.112. The molecule has 0 aliphatic rings. The zero-order valence-corrected chi connectivity index (χ0v) is 12.8. The monoisotopic (exact) mass is 307 g/mol. The minimum atomic E-state index is 0.113. The summed E-state index contributed by atoms with van der Waals surface area (Å²) >= 11 is 1.57. The van der Waals surface area contributed by atoms with E-state index in [1.807, 2.05) is 37.3 Å². The highest BCUT2D eigenvalue weighted by molar-refractivity contribution is 7.21. The predicted octanol–water partition coefficient (Wildman–Crippen LogP) is 4.10. The van der Waals surface area contributed by atoms with E-state index in [9.17, 15) is 4.79 Å². The third-order valence-corrected chi connectivity index (χ3v) is 4.28. The first-order valence-corrected chi connectivity index (χ1v) is 7.56. The number of aryl methyl sites for hydroxylation is 1. The Kier molecular flexibility index (Phi) is 3.90. The van der Waals surface area contributed by atoms with E-state index in [1.165, 1.54) is 0 Å². The molecule has 0 saturated carbocycles. The fourth-order valence-electron chi connectivity index (χ4n) is 2.31. The molecule has 0 N–H and O–H groups in total. The van der Waals surface area contributed by atoms with E-state index < -0.39 is 0 Å². The maximum Gasteiger partial charge on any atom is 0.153 e. The number of thiazole rings is 1. The Balaban J connectivity index is 2.21. The molecule has 108 valence electrons. The summed E-state index contributed by atoms with van der Waals surface area (Å²) in [7, 11) is 0. The zero-order valence-electron chi connectivity index (χ0n) is 12.0. The quantitative estimate of drug-likeness (QED) is 0.538. The molecule has 1 heterocycles. The first-order valence-electron chi connectivity index (χ1n) is 6.75. The summed E-state index contributed by atoms with van der Waals surface area (Å²) in [6.07, 6.45) is 6.06. The van der Waals surface area contributed by atoms with Gasteiger partial charge < -0.3 is 4.74 Å². The fraction of sp³-hybridized carbons (Fsp3) is 0.111. The van der Waals surface area contributed by atoms with E-state index in [1.54, 1.807) is 17.4 Å². The summed E-state index contributed by atoms with van der Waals surface area (Å²) in [5, 5.41) is 0.819. The molecule has 0 atom stereocenters. The van der Waals surface area contributed by atoms with Crippen molar-refractivity contribution in [1.82, 2.24) is 4.98 Å². The molecule has 3 aromatic rings. The molecule has 0 aliphatic carbocycles. The number of nitrogens with zero attached hydrogens (tertiary/aromatic N) is 1. The van der Waals surface area contributed by atoms with Crippen LogP contribution >= 0.6 is 11.3 Å². The van der Waals surface area contributed by atoms with Crippen LogP contribution in [-0.2, 0) is 0 Å². The van der Waals surface area contributed by atoms with Gasteiger partial charge in [-0.05, 0) is 36.8 Å². The lowest BCUT2D eigenvalue weighted by Crippen LogP contribution is -2.00. The van der Waals surface area contributed by atoms with Crippen molar-refractivity contribution in [2.75, 3.05) is 6.61 Å². The van der Waals surface area contributed by atoms with E-state index >= 15 is 0 Å². The minimum Gasteiger partial charge on any atom is -0.479 e. The second kappa shape index (κ2) is 6.00. The number of carbonyl (C=O) groups excluding carboxylic acids is 1. The van der Waals surface area contributed by atoms with Crippen molar-refractivity contribution in [3.05, 3.63) is 47.5 Å². The minimum absolute atomic E-state index is 0.113. The maximum absolute atomic E-state index is 11.3. The third kappa shape index (κ3) is 2.59. The van der Waals surface area contributed by atoms with Crippen LogP contribution in [0.2, 0.25) is 0 Å². The Bertz CT molecular complexity index is 857. The van der Waals surface area contributed by atoms with Gasteiger partial charge in [0.15, 0.2) is 6.29 Å². The highest BCUT2D eigenvalue weighted by Gasteiger charge is 2.16. The molecule has 3 nitrogen and oxygen atoms in total. The van der Waals surface area contributed by atoms with Crippen molar-refractivity contribution in [3.8, 4) is 28.7 Å². The van der Waals surface area contributed by atoms with E-state index in [-0.39, 0.29) is 6.61 Å².